The third-order valence-electron chi connectivity index (χ3n) is 5.48. The van der Waals surface area contributed by atoms with Crippen molar-refractivity contribution >= 4 is 23.4 Å². The largest absolute Gasteiger partial charge is 0.463 e. The SMILES string of the molecule is CC.CCOC(=O)C1=C(COCCN=[N+]=[N-])NC2=C(C(=O)CC(C)(C)C2)C1c1ccccc1Cl. The number of Topliss-reactive ketones (excluding diaryl/α,β-unsaturated/α-hetero) is 1. The Hall–Kier alpha value is -2.80. The number of allylic oxidation sites excluding steroid dienone is 2. The fourth-order valence-electron chi connectivity index (χ4n) is 4.26. The lowest BCUT2D eigenvalue weighted by atomic mass is 9.68. The van der Waals surface area contributed by atoms with Gasteiger partial charge < -0.3 is 14.8 Å². The number of benzene rings is 1. The number of dihydropyridines is 1. The van der Waals surface area contributed by atoms with Crippen LogP contribution >= 0.6 is 11.6 Å². The van der Waals surface area contributed by atoms with Crippen LogP contribution in [0.4, 0.5) is 0 Å². The monoisotopic (exact) mass is 488 g/mol. The lowest BCUT2D eigenvalue weighted by Crippen LogP contribution is -2.40. The lowest BCUT2D eigenvalue weighted by molar-refractivity contribution is -0.139. The van der Waals surface area contributed by atoms with E-state index < -0.39 is 11.9 Å². The number of rotatable bonds is 8. The Bertz CT molecular complexity index is 1030. The molecular weight excluding hydrogens is 456 g/mol. The van der Waals surface area contributed by atoms with E-state index in [4.69, 9.17) is 26.6 Å². The minimum absolute atomic E-state index is 0.0150. The first-order chi connectivity index (χ1) is 16.3. The third kappa shape index (κ3) is 6.41. The maximum Gasteiger partial charge on any atom is 0.336 e. The molecule has 1 aliphatic heterocycles. The molecule has 34 heavy (non-hydrogen) atoms. The minimum Gasteiger partial charge on any atom is -0.463 e. The molecule has 0 fully saturated rings. The fraction of sp³-hybridized carbons (Fsp3) is 0.520. The van der Waals surface area contributed by atoms with Crippen molar-refractivity contribution in [3.63, 3.8) is 0 Å². The second-order valence-electron chi connectivity index (χ2n) is 8.53. The van der Waals surface area contributed by atoms with E-state index in [1.54, 1.807) is 13.0 Å². The molecule has 9 heteroatoms. The van der Waals surface area contributed by atoms with Crippen LogP contribution in [0.3, 0.4) is 0 Å². The first-order valence-electron chi connectivity index (χ1n) is 11.6. The number of hydrogen-bond donors (Lipinski definition) is 1. The summed E-state index contributed by atoms with van der Waals surface area (Å²) in [6.45, 7) is 10.4. The van der Waals surface area contributed by atoms with Gasteiger partial charge in [0.15, 0.2) is 5.78 Å². The van der Waals surface area contributed by atoms with Crippen molar-refractivity contribution in [3.05, 3.63) is 67.8 Å². The molecule has 1 unspecified atom stereocenters. The van der Waals surface area contributed by atoms with E-state index in [0.717, 1.165) is 5.70 Å². The Kier molecular flexibility index (Phi) is 10.2. The second-order valence-corrected chi connectivity index (χ2v) is 8.94. The van der Waals surface area contributed by atoms with Crippen molar-refractivity contribution in [1.82, 2.24) is 5.32 Å². The third-order valence-corrected chi connectivity index (χ3v) is 5.83. The Morgan fingerprint density at radius 3 is 2.65 bits per heavy atom. The van der Waals surface area contributed by atoms with E-state index in [1.807, 2.05) is 45.9 Å². The van der Waals surface area contributed by atoms with Crippen molar-refractivity contribution in [2.45, 2.75) is 53.4 Å². The second kappa shape index (κ2) is 12.6. The summed E-state index contributed by atoms with van der Waals surface area (Å²) in [6.07, 6.45) is 1.02. The molecule has 1 aliphatic carbocycles. The number of carbonyl (C=O) groups is 2. The minimum atomic E-state index is -0.654. The van der Waals surface area contributed by atoms with Gasteiger partial charge in [-0.2, -0.15) is 0 Å². The average molecular weight is 489 g/mol. The highest BCUT2D eigenvalue weighted by Gasteiger charge is 2.44. The standard InChI is InChI=1S/C23H27ClN4O4.C2H6/c1-4-32-22(30)21-17(13-31-10-9-26-28-25)27-16-11-23(2,3)12-18(29)20(16)19(21)14-7-5-6-8-15(14)24;1-2/h5-8,19,27H,4,9-13H2,1-3H3;1-2H3. The van der Waals surface area contributed by atoms with Gasteiger partial charge in [-0.25, -0.2) is 4.79 Å². The molecule has 1 N–H and O–H groups in total. The van der Waals surface area contributed by atoms with E-state index in [0.29, 0.717) is 40.3 Å². The van der Waals surface area contributed by atoms with E-state index in [9.17, 15) is 9.59 Å². The van der Waals surface area contributed by atoms with Crippen LogP contribution in [-0.2, 0) is 19.1 Å². The lowest BCUT2D eigenvalue weighted by Gasteiger charge is -2.40. The summed E-state index contributed by atoms with van der Waals surface area (Å²) in [6, 6.07) is 7.21. The van der Waals surface area contributed by atoms with Crippen LogP contribution in [0.1, 0.15) is 58.9 Å². The number of nitrogens with one attached hydrogen (secondary N) is 1. The molecule has 3 rings (SSSR count). The smallest absolute Gasteiger partial charge is 0.336 e. The highest BCUT2D eigenvalue weighted by Crippen LogP contribution is 2.48. The number of halogens is 1. The fourth-order valence-corrected chi connectivity index (χ4v) is 4.50. The van der Waals surface area contributed by atoms with Crippen molar-refractivity contribution in [2.24, 2.45) is 10.5 Å². The summed E-state index contributed by atoms with van der Waals surface area (Å²) in [5, 5.41) is 7.24. The molecule has 0 saturated carbocycles. The molecule has 8 nitrogen and oxygen atoms in total. The van der Waals surface area contributed by atoms with Crippen molar-refractivity contribution < 1.29 is 19.1 Å². The number of ether oxygens (including phenoxy) is 2. The number of carbonyl (C=O) groups excluding carboxylic acids is 2. The molecule has 1 atom stereocenters. The molecule has 0 amide bonds. The highest BCUT2D eigenvalue weighted by atomic mass is 35.5. The quantitative estimate of drug-likeness (QED) is 0.162. The molecule has 184 valence electrons. The van der Waals surface area contributed by atoms with Gasteiger partial charge in [0.05, 0.1) is 31.1 Å². The molecule has 1 aromatic rings. The van der Waals surface area contributed by atoms with E-state index in [1.165, 1.54) is 0 Å². The molecule has 1 aromatic carbocycles. The first-order valence-corrected chi connectivity index (χ1v) is 11.9. The van der Waals surface area contributed by atoms with Crippen LogP contribution in [-0.4, -0.2) is 38.1 Å². The molecular formula is C25H33ClN4O4. The van der Waals surface area contributed by atoms with Crippen LogP contribution in [0.25, 0.3) is 10.4 Å². The summed E-state index contributed by atoms with van der Waals surface area (Å²) in [7, 11) is 0. The van der Waals surface area contributed by atoms with E-state index in [2.05, 4.69) is 15.3 Å². The highest BCUT2D eigenvalue weighted by molar-refractivity contribution is 6.31. The first kappa shape index (κ1) is 27.4. The van der Waals surface area contributed by atoms with Crippen LogP contribution in [0, 0.1) is 5.41 Å². The number of ketones is 1. The van der Waals surface area contributed by atoms with Gasteiger partial charge in [0.25, 0.3) is 0 Å². The Morgan fingerprint density at radius 2 is 2.00 bits per heavy atom. The van der Waals surface area contributed by atoms with E-state index >= 15 is 0 Å². The molecule has 0 radical (unpaired) electrons. The van der Waals surface area contributed by atoms with Crippen molar-refractivity contribution in [2.75, 3.05) is 26.4 Å². The molecule has 0 aromatic heterocycles. The Labute approximate surface area is 206 Å². The van der Waals surface area contributed by atoms with Crippen LogP contribution in [0.2, 0.25) is 5.02 Å². The van der Waals surface area contributed by atoms with Gasteiger partial charge in [0, 0.05) is 40.1 Å². The molecule has 0 saturated heterocycles. The Balaban J connectivity index is 0.00000199. The van der Waals surface area contributed by atoms with Crippen molar-refractivity contribution in [1.29, 1.82) is 0 Å². The zero-order chi connectivity index (χ0) is 25.3. The van der Waals surface area contributed by atoms with Crippen LogP contribution in [0.5, 0.6) is 0 Å². The van der Waals surface area contributed by atoms with Gasteiger partial charge in [-0.15, -0.1) is 0 Å². The molecule has 1 heterocycles. The molecule has 0 bridgehead atoms. The van der Waals surface area contributed by atoms with Crippen molar-refractivity contribution in [3.8, 4) is 0 Å². The zero-order valence-electron chi connectivity index (χ0n) is 20.5. The zero-order valence-corrected chi connectivity index (χ0v) is 21.2. The van der Waals surface area contributed by atoms with Gasteiger partial charge in [-0.1, -0.05) is 62.6 Å². The van der Waals surface area contributed by atoms with E-state index in [-0.39, 0.29) is 37.6 Å². The van der Waals surface area contributed by atoms with Gasteiger partial charge >= 0.3 is 5.97 Å². The van der Waals surface area contributed by atoms with Crippen LogP contribution in [0.15, 0.2) is 51.9 Å². The topological polar surface area (TPSA) is 113 Å². The normalized spacial score (nSPS) is 18.8. The van der Waals surface area contributed by atoms with Gasteiger partial charge in [0.1, 0.15) is 0 Å². The number of esters is 1. The summed E-state index contributed by atoms with van der Waals surface area (Å²) in [5.74, 6) is -1.19. The summed E-state index contributed by atoms with van der Waals surface area (Å²) in [5.41, 5.74) is 11.1. The number of nitrogens with zero attached hydrogens (tertiary/aromatic N) is 3. The van der Waals surface area contributed by atoms with Crippen LogP contribution < -0.4 is 5.32 Å². The number of azide groups is 1. The van der Waals surface area contributed by atoms with Gasteiger partial charge in [0.2, 0.25) is 0 Å². The summed E-state index contributed by atoms with van der Waals surface area (Å²) < 4.78 is 11.0. The predicted octanol–water partition coefficient (Wildman–Crippen LogP) is 5.84. The maximum atomic E-state index is 13.3. The summed E-state index contributed by atoms with van der Waals surface area (Å²) >= 11 is 6.54. The predicted molar refractivity (Wildman–Crippen MR) is 132 cm³/mol. The maximum absolute atomic E-state index is 13.3. The average Bonchev–Trinajstić information content (AvgIpc) is 2.79. The summed E-state index contributed by atoms with van der Waals surface area (Å²) in [4.78, 5) is 29.1. The Morgan fingerprint density at radius 1 is 1.29 bits per heavy atom. The van der Waals surface area contributed by atoms with Gasteiger partial charge in [-0.05, 0) is 35.9 Å². The molecule has 2 aliphatic rings. The van der Waals surface area contributed by atoms with Gasteiger partial charge in [-0.3, -0.25) is 4.79 Å². The molecule has 0 spiro atoms. The number of hydrogen-bond acceptors (Lipinski definition) is 6.